The van der Waals surface area contributed by atoms with E-state index in [0.717, 1.165) is 36.7 Å². The van der Waals surface area contributed by atoms with Crippen LogP contribution in [-0.2, 0) is 11.2 Å². The Hall–Kier alpha value is -3.43. The molecule has 39 heavy (non-hydrogen) atoms. The number of imidazole rings is 1. The number of piperazine rings is 1. The number of carbonyl (C=O) groups excluding carboxylic acids is 1. The molecule has 1 amide bonds. The lowest BCUT2D eigenvalue weighted by molar-refractivity contribution is -0.131. The number of rotatable bonds is 8. The summed E-state index contributed by atoms with van der Waals surface area (Å²) < 4.78 is 2.00. The Labute approximate surface area is 233 Å². The number of nitrogens with one attached hydrogen (secondary N) is 1. The van der Waals surface area contributed by atoms with Crippen molar-refractivity contribution in [2.24, 2.45) is 0 Å². The fourth-order valence-corrected chi connectivity index (χ4v) is 5.47. The van der Waals surface area contributed by atoms with E-state index in [1.165, 1.54) is 11.1 Å². The summed E-state index contributed by atoms with van der Waals surface area (Å²) in [4.78, 5) is 44.8. The number of aryl methyl sites for hydroxylation is 2. The third-order valence-corrected chi connectivity index (χ3v) is 7.99. The highest BCUT2D eigenvalue weighted by molar-refractivity contribution is 6.31. The van der Waals surface area contributed by atoms with Crippen molar-refractivity contribution in [3.63, 3.8) is 0 Å². The number of fused-ring (bicyclic) bond motifs is 2. The minimum atomic E-state index is -0.223. The molecule has 1 saturated heterocycles. The van der Waals surface area contributed by atoms with Gasteiger partial charge in [-0.2, -0.15) is 0 Å². The molecule has 0 spiro atoms. The van der Waals surface area contributed by atoms with Crippen molar-refractivity contribution in [3.05, 3.63) is 68.6 Å². The van der Waals surface area contributed by atoms with Crippen LogP contribution < -0.4 is 10.5 Å². The molecule has 0 saturated carbocycles. The fourth-order valence-electron chi connectivity index (χ4n) is 5.26. The first-order valence-corrected chi connectivity index (χ1v) is 14.1. The first kappa shape index (κ1) is 27.1. The van der Waals surface area contributed by atoms with E-state index >= 15 is 0 Å². The van der Waals surface area contributed by atoms with Crippen molar-refractivity contribution in [2.45, 2.75) is 40.5 Å². The number of hydrogen-bond donors (Lipinski definition) is 1. The highest BCUT2D eigenvalue weighted by Crippen LogP contribution is 2.29. The second-order valence-corrected chi connectivity index (χ2v) is 10.7. The van der Waals surface area contributed by atoms with Gasteiger partial charge >= 0.3 is 0 Å². The first-order valence-electron chi connectivity index (χ1n) is 13.7. The quantitative estimate of drug-likeness (QED) is 0.359. The van der Waals surface area contributed by atoms with Gasteiger partial charge in [-0.1, -0.05) is 25.4 Å². The van der Waals surface area contributed by atoms with E-state index < -0.39 is 0 Å². The zero-order valence-electron chi connectivity index (χ0n) is 23.1. The predicted molar refractivity (Wildman–Crippen MR) is 156 cm³/mol. The SMILES string of the molecule is CCN(CC)CCC(=O)N1CCN(c2cc(Cl)cc3c(=O)[nH]c(Cc4cn5cc(C)c(C)cc5n4)nc23)CC1. The Morgan fingerprint density at radius 2 is 1.77 bits per heavy atom. The van der Waals surface area contributed by atoms with Crippen molar-refractivity contribution < 1.29 is 4.79 Å². The number of hydrogen-bond acceptors (Lipinski definition) is 6. The van der Waals surface area contributed by atoms with Crippen molar-refractivity contribution in [1.82, 2.24) is 29.2 Å². The average Bonchev–Trinajstić information content (AvgIpc) is 3.30. The summed E-state index contributed by atoms with van der Waals surface area (Å²) in [6, 6.07) is 5.59. The van der Waals surface area contributed by atoms with Gasteiger partial charge in [0, 0.05) is 63.0 Å². The largest absolute Gasteiger partial charge is 0.366 e. The molecule has 206 valence electrons. The number of aromatic nitrogens is 4. The van der Waals surface area contributed by atoms with Gasteiger partial charge < -0.3 is 24.1 Å². The van der Waals surface area contributed by atoms with Crippen LogP contribution in [0.3, 0.4) is 0 Å². The molecule has 0 bridgehead atoms. The number of benzene rings is 1. The van der Waals surface area contributed by atoms with E-state index in [0.29, 0.717) is 60.8 Å². The minimum absolute atomic E-state index is 0.187. The summed E-state index contributed by atoms with van der Waals surface area (Å²) >= 11 is 6.44. The second kappa shape index (κ2) is 11.4. The maximum Gasteiger partial charge on any atom is 0.258 e. The Kier molecular flexibility index (Phi) is 7.91. The molecule has 0 atom stereocenters. The number of H-pyrrole nitrogens is 1. The van der Waals surface area contributed by atoms with Crippen LogP contribution >= 0.6 is 11.6 Å². The molecule has 1 N–H and O–H groups in total. The van der Waals surface area contributed by atoms with Gasteiger partial charge in [0.15, 0.2) is 0 Å². The van der Waals surface area contributed by atoms with Crippen molar-refractivity contribution >= 4 is 39.7 Å². The number of aromatic amines is 1. The number of pyridine rings is 1. The molecule has 4 heterocycles. The van der Waals surface area contributed by atoms with E-state index in [1.54, 1.807) is 6.07 Å². The molecule has 4 aromatic rings. The molecule has 1 aliphatic rings. The molecular formula is C29H36ClN7O2. The normalized spacial score (nSPS) is 14.2. The molecule has 3 aromatic heterocycles. The summed E-state index contributed by atoms with van der Waals surface area (Å²) in [5, 5.41) is 0.946. The van der Waals surface area contributed by atoms with Crippen molar-refractivity contribution in [2.75, 3.05) is 50.7 Å². The Balaban J connectivity index is 1.37. The molecule has 9 nitrogen and oxygen atoms in total. The van der Waals surface area contributed by atoms with Crippen molar-refractivity contribution in [1.29, 1.82) is 0 Å². The van der Waals surface area contributed by atoms with Gasteiger partial charge in [-0.25, -0.2) is 9.97 Å². The fraction of sp³-hybridized carbons (Fsp3) is 0.448. The molecule has 5 rings (SSSR count). The summed E-state index contributed by atoms with van der Waals surface area (Å²) in [5.74, 6) is 0.741. The van der Waals surface area contributed by atoms with E-state index in [9.17, 15) is 9.59 Å². The van der Waals surface area contributed by atoms with Crippen LogP contribution in [0.4, 0.5) is 5.69 Å². The Morgan fingerprint density at radius 1 is 1.03 bits per heavy atom. The van der Waals surface area contributed by atoms with Gasteiger partial charge in [-0.05, 0) is 56.3 Å². The molecule has 10 heteroatoms. The highest BCUT2D eigenvalue weighted by Gasteiger charge is 2.24. The zero-order chi connectivity index (χ0) is 27.7. The summed E-state index contributed by atoms with van der Waals surface area (Å²) in [6.45, 7) is 13.6. The first-order chi connectivity index (χ1) is 18.7. The predicted octanol–water partition coefficient (Wildman–Crippen LogP) is 3.81. The smallest absolute Gasteiger partial charge is 0.258 e. The third-order valence-electron chi connectivity index (χ3n) is 7.77. The number of carbonyl (C=O) groups is 1. The van der Waals surface area contributed by atoms with E-state index in [2.05, 4.69) is 54.7 Å². The minimum Gasteiger partial charge on any atom is -0.366 e. The maximum absolute atomic E-state index is 13.1. The van der Waals surface area contributed by atoms with Crippen molar-refractivity contribution in [3.8, 4) is 0 Å². The van der Waals surface area contributed by atoms with Gasteiger partial charge in [0.2, 0.25) is 5.91 Å². The van der Waals surface area contributed by atoms with Crippen LogP contribution in [-0.4, -0.2) is 80.9 Å². The zero-order valence-corrected chi connectivity index (χ0v) is 23.9. The van der Waals surface area contributed by atoms with Gasteiger partial charge in [0.1, 0.15) is 17.0 Å². The molecule has 1 aromatic carbocycles. The average molecular weight is 550 g/mol. The Morgan fingerprint density at radius 3 is 2.49 bits per heavy atom. The van der Waals surface area contributed by atoms with Crippen LogP contribution in [0.15, 0.2) is 35.4 Å². The number of amides is 1. The van der Waals surface area contributed by atoms with Crippen LogP contribution in [0, 0.1) is 13.8 Å². The number of nitrogens with zero attached hydrogens (tertiary/aromatic N) is 6. The summed E-state index contributed by atoms with van der Waals surface area (Å²) in [5.41, 5.74) is 5.29. The topological polar surface area (TPSA) is 89.8 Å². The summed E-state index contributed by atoms with van der Waals surface area (Å²) in [6.07, 6.45) is 4.98. The van der Waals surface area contributed by atoms with E-state index in [1.807, 2.05) is 21.6 Å². The van der Waals surface area contributed by atoms with Crippen LogP contribution in [0.5, 0.6) is 0 Å². The molecule has 1 fully saturated rings. The molecule has 0 unspecified atom stereocenters. The lowest BCUT2D eigenvalue weighted by Crippen LogP contribution is -2.49. The van der Waals surface area contributed by atoms with Gasteiger partial charge in [0.05, 0.1) is 16.8 Å². The lowest BCUT2D eigenvalue weighted by Gasteiger charge is -2.36. The Bertz CT molecular complexity index is 1530. The summed E-state index contributed by atoms with van der Waals surface area (Å²) in [7, 11) is 0. The highest BCUT2D eigenvalue weighted by atomic mass is 35.5. The van der Waals surface area contributed by atoms with Crippen LogP contribution in [0.1, 0.15) is 42.9 Å². The molecule has 0 radical (unpaired) electrons. The van der Waals surface area contributed by atoms with Crippen LogP contribution in [0.25, 0.3) is 16.6 Å². The third kappa shape index (κ3) is 5.79. The molecule has 1 aliphatic heterocycles. The number of anilines is 1. The maximum atomic E-state index is 13.1. The monoisotopic (exact) mass is 549 g/mol. The second-order valence-electron chi connectivity index (χ2n) is 10.3. The van der Waals surface area contributed by atoms with E-state index in [-0.39, 0.29) is 11.5 Å². The van der Waals surface area contributed by atoms with Gasteiger partial charge in [-0.3, -0.25) is 9.59 Å². The number of halogens is 1. The lowest BCUT2D eigenvalue weighted by atomic mass is 10.1. The van der Waals surface area contributed by atoms with Gasteiger partial charge in [-0.15, -0.1) is 0 Å². The molecular weight excluding hydrogens is 514 g/mol. The van der Waals surface area contributed by atoms with E-state index in [4.69, 9.17) is 21.6 Å². The van der Waals surface area contributed by atoms with Gasteiger partial charge in [0.25, 0.3) is 5.56 Å². The molecule has 0 aliphatic carbocycles. The van der Waals surface area contributed by atoms with Crippen LogP contribution in [0.2, 0.25) is 5.02 Å². The standard InChI is InChI=1S/C29H36ClN7O2/c1-5-34(6-2)8-7-27(38)36-11-9-35(10-12-36)24-15-21(30)14-23-28(24)32-25(33-29(23)39)16-22-18-37-17-20(4)19(3)13-26(37)31-22/h13-15,17-18H,5-12,16H2,1-4H3,(H,32,33,39).